The van der Waals surface area contributed by atoms with Crippen LogP contribution in [0.4, 0.5) is 11.4 Å². The first-order valence-electron chi connectivity index (χ1n) is 9.07. The van der Waals surface area contributed by atoms with E-state index in [4.69, 9.17) is 9.47 Å². The molecule has 140 valence electrons. The highest BCUT2D eigenvalue weighted by Gasteiger charge is 2.36. The van der Waals surface area contributed by atoms with Crippen LogP contribution in [-0.2, 0) is 16.0 Å². The Morgan fingerprint density at radius 2 is 2.11 bits per heavy atom. The highest BCUT2D eigenvalue weighted by atomic mass is 16.5. The second kappa shape index (κ2) is 6.95. The van der Waals surface area contributed by atoms with Crippen LogP contribution in [0.1, 0.15) is 17.5 Å². The zero-order valence-electron chi connectivity index (χ0n) is 15.5. The van der Waals surface area contributed by atoms with Gasteiger partial charge in [-0.05, 0) is 48.4 Å². The molecule has 0 spiro atoms. The molecule has 6 heteroatoms. The molecule has 1 atom stereocenters. The number of anilines is 2. The minimum atomic E-state index is -0.396. The third-order valence-electron chi connectivity index (χ3n) is 5.08. The lowest BCUT2D eigenvalue weighted by Crippen LogP contribution is -2.28. The maximum absolute atomic E-state index is 12.7. The van der Waals surface area contributed by atoms with Gasteiger partial charge in [-0.25, -0.2) is 0 Å². The van der Waals surface area contributed by atoms with E-state index < -0.39 is 5.92 Å². The van der Waals surface area contributed by atoms with E-state index in [1.54, 1.807) is 12.0 Å². The molecule has 27 heavy (non-hydrogen) atoms. The first-order valence-corrected chi connectivity index (χ1v) is 9.07. The summed E-state index contributed by atoms with van der Waals surface area (Å²) in [6.07, 6.45) is 1.04. The standard InChI is InChI=1S/C21H22N2O4/c1-13-3-5-19(26-2)17(9-13)23-12-15(11-20(23)24)21(25)22-16-4-6-18-14(10-16)7-8-27-18/h3-6,9-10,15H,7-8,11-12H2,1-2H3,(H,22,25). The SMILES string of the molecule is COc1ccc(C)cc1N1CC(C(=O)Nc2ccc3c(c2)CCO3)CC1=O. The predicted molar refractivity (Wildman–Crippen MR) is 102 cm³/mol. The van der Waals surface area contributed by atoms with Gasteiger partial charge in [-0.3, -0.25) is 9.59 Å². The summed E-state index contributed by atoms with van der Waals surface area (Å²) in [4.78, 5) is 26.9. The van der Waals surface area contributed by atoms with E-state index in [1.807, 2.05) is 43.3 Å². The highest BCUT2D eigenvalue weighted by molar-refractivity contribution is 6.04. The van der Waals surface area contributed by atoms with E-state index >= 15 is 0 Å². The molecule has 4 rings (SSSR count). The van der Waals surface area contributed by atoms with E-state index in [0.29, 0.717) is 24.6 Å². The number of rotatable bonds is 4. The Hall–Kier alpha value is -3.02. The Balaban J connectivity index is 1.49. The van der Waals surface area contributed by atoms with Crippen LogP contribution in [0.15, 0.2) is 36.4 Å². The normalized spacial score (nSPS) is 18.2. The van der Waals surface area contributed by atoms with Crippen LogP contribution in [0, 0.1) is 12.8 Å². The number of amides is 2. The molecule has 0 aliphatic carbocycles. The van der Waals surface area contributed by atoms with Gasteiger partial charge in [0, 0.05) is 25.1 Å². The molecule has 0 aromatic heterocycles. The molecule has 2 amide bonds. The number of fused-ring (bicyclic) bond motifs is 1. The molecule has 0 bridgehead atoms. The van der Waals surface area contributed by atoms with Gasteiger partial charge in [0.15, 0.2) is 0 Å². The zero-order valence-corrected chi connectivity index (χ0v) is 15.5. The van der Waals surface area contributed by atoms with Crippen molar-refractivity contribution in [2.45, 2.75) is 19.8 Å². The molecule has 2 heterocycles. The fourth-order valence-corrected chi connectivity index (χ4v) is 3.64. The molecular weight excluding hydrogens is 344 g/mol. The average molecular weight is 366 g/mol. The monoisotopic (exact) mass is 366 g/mol. The summed E-state index contributed by atoms with van der Waals surface area (Å²) in [7, 11) is 1.58. The number of nitrogens with one attached hydrogen (secondary N) is 1. The van der Waals surface area contributed by atoms with Crippen LogP contribution in [0.3, 0.4) is 0 Å². The first kappa shape index (κ1) is 17.4. The molecule has 0 radical (unpaired) electrons. The third-order valence-corrected chi connectivity index (χ3v) is 5.08. The van der Waals surface area contributed by atoms with Crippen LogP contribution in [0.25, 0.3) is 0 Å². The summed E-state index contributed by atoms with van der Waals surface area (Å²) in [5.74, 6) is 0.903. The lowest BCUT2D eigenvalue weighted by Gasteiger charge is -2.20. The van der Waals surface area contributed by atoms with E-state index in [2.05, 4.69) is 5.32 Å². The summed E-state index contributed by atoms with van der Waals surface area (Å²) in [6.45, 7) is 2.99. The Morgan fingerprint density at radius 3 is 2.93 bits per heavy atom. The second-order valence-electron chi connectivity index (χ2n) is 6.99. The maximum atomic E-state index is 12.7. The fraction of sp³-hybridized carbons (Fsp3) is 0.333. The number of carbonyl (C=O) groups excluding carboxylic acids is 2. The molecule has 2 aliphatic rings. The van der Waals surface area contributed by atoms with Gasteiger partial charge in [-0.2, -0.15) is 0 Å². The van der Waals surface area contributed by atoms with E-state index in [9.17, 15) is 9.59 Å². The number of nitrogens with zero attached hydrogens (tertiary/aromatic N) is 1. The summed E-state index contributed by atoms with van der Waals surface area (Å²) < 4.78 is 10.9. The van der Waals surface area contributed by atoms with Crippen molar-refractivity contribution < 1.29 is 19.1 Å². The lowest BCUT2D eigenvalue weighted by atomic mass is 10.1. The Bertz CT molecular complexity index is 909. The van der Waals surface area contributed by atoms with Crippen molar-refractivity contribution in [3.63, 3.8) is 0 Å². The molecule has 6 nitrogen and oxygen atoms in total. The van der Waals surface area contributed by atoms with Gasteiger partial charge in [0.1, 0.15) is 11.5 Å². The van der Waals surface area contributed by atoms with Crippen LogP contribution in [0.2, 0.25) is 0 Å². The summed E-state index contributed by atoms with van der Waals surface area (Å²) in [6, 6.07) is 11.3. The molecule has 2 aromatic carbocycles. The van der Waals surface area contributed by atoms with Gasteiger partial charge < -0.3 is 19.7 Å². The zero-order chi connectivity index (χ0) is 19.0. The topological polar surface area (TPSA) is 67.9 Å². The van der Waals surface area contributed by atoms with Crippen molar-refractivity contribution in [2.75, 3.05) is 30.5 Å². The first-order chi connectivity index (χ1) is 13.0. The van der Waals surface area contributed by atoms with Crippen molar-refractivity contribution in [3.05, 3.63) is 47.5 Å². The smallest absolute Gasteiger partial charge is 0.229 e. The number of benzene rings is 2. The molecule has 1 fully saturated rings. The summed E-state index contributed by atoms with van der Waals surface area (Å²) in [5.41, 5.74) is 3.59. The van der Waals surface area contributed by atoms with E-state index in [1.165, 1.54) is 0 Å². The number of methoxy groups -OCH3 is 1. The van der Waals surface area contributed by atoms with E-state index in [0.717, 1.165) is 29.0 Å². The molecule has 1 saturated heterocycles. The van der Waals surface area contributed by atoms with Crippen LogP contribution in [0.5, 0.6) is 11.5 Å². The molecule has 0 saturated carbocycles. The molecule has 1 N–H and O–H groups in total. The van der Waals surface area contributed by atoms with Crippen LogP contribution >= 0.6 is 0 Å². The van der Waals surface area contributed by atoms with Crippen molar-refractivity contribution in [1.29, 1.82) is 0 Å². The number of ether oxygens (including phenoxy) is 2. The second-order valence-corrected chi connectivity index (χ2v) is 6.99. The number of hydrogen-bond acceptors (Lipinski definition) is 4. The Labute approximate surface area is 158 Å². The van der Waals surface area contributed by atoms with Gasteiger partial charge in [0.2, 0.25) is 11.8 Å². The highest BCUT2D eigenvalue weighted by Crippen LogP contribution is 2.34. The number of aryl methyl sites for hydroxylation is 1. The number of carbonyl (C=O) groups is 2. The average Bonchev–Trinajstić information content (AvgIpc) is 3.27. The lowest BCUT2D eigenvalue weighted by molar-refractivity contribution is -0.122. The van der Waals surface area contributed by atoms with Crippen LogP contribution < -0.4 is 19.7 Å². The van der Waals surface area contributed by atoms with Crippen molar-refractivity contribution in [3.8, 4) is 11.5 Å². The predicted octanol–water partition coefficient (Wildman–Crippen LogP) is 2.93. The van der Waals surface area contributed by atoms with Gasteiger partial charge in [0.25, 0.3) is 0 Å². The van der Waals surface area contributed by atoms with Gasteiger partial charge >= 0.3 is 0 Å². The number of hydrogen-bond donors (Lipinski definition) is 1. The molecular formula is C21H22N2O4. The maximum Gasteiger partial charge on any atom is 0.229 e. The van der Waals surface area contributed by atoms with Gasteiger partial charge in [-0.1, -0.05) is 6.07 Å². The van der Waals surface area contributed by atoms with Crippen molar-refractivity contribution >= 4 is 23.2 Å². The van der Waals surface area contributed by atoms with Gasteiger partial charge in [-0.15, -0.1) is 0 Å². The Morgan fingerprint density at radius 1 is 1.26 bits per heavy atom. The van der Waals surface area contributed by atoms with E-state index in [-0.39, 0.29) is 18.2 Å². The molecule has 2 aromatic rings. The third kappa shape index (κ3) is 3.35. The van der Waals surface area contributed by atoms with Crippen molar-refractivity contribution in [1.82, 2.24) is 0 Å². The minimum absolute atomic E-state index is 0.0681. The Kier molecular flexibility index (Phi) is 4.48. The minimum Gasteiger partial charge on any atom is -0.495 e. The summed E-state index contributed by atoms with van der Waals surface area (Å²) >= 11 is 0. The largest absolute Gasteiger partial charge is 0.495 e. The molecule has 1 unspecified atom stereocenters. The molecule has 2 aliphatic heterocycles. The van der Waals surface area contributed by atoms with Crippen molar-refractivity contribution in [2.24, 2.45) is 5.92 Å². The fourth-order valence-electron chi connectivity index (χ4n) is 3.64. The quantitative estimate of drug-likeness (QED) is 0.903. The summed E-state index contributed by atoms with van der Waals surface area (Å²) in [5, 5.41) is 2.94. The van der Waals surface area contributed by atoms with Crippen LogP contribution in [-0.4, -0.2) is 32.1 Å². The van der Waals surface area contributed by atoms with Gasteiger partial charge in [0.05, 0.1) is 25.3 Å².